The van der Waals surface area contributed by atoms with Crippen molar-refractivity contribution in [2.45, 2.75) is 45.9 Å². The van der Waals surface area contributed by atoms with E-state index < -0.39 is 17.7 Å². The lowest BCUT2D eigenvalue weighted by Crippen LogP contribution is -2.72. The molecule has 3 aromatic carbocycles. The molecule has 3 atom stereocenters. The molecule has 2 aliphatic heterocycles. The smallest absolute Gasteiger partial charge is 0.236 e. The SMILES string of the molecule is CCc1ccc(N2C(=S)N[C@H]3c4cc(Cl)ccc4O[C@@]2(C)[C@H]3C(=O)Nc2ccc(C)cc2C)cc1. The van der Waals surface area contributed by atoms with E-state index in [0.29, 0.717) is 15.9 Å². The first-order chi connectivity index (χ1) is 16.7. The van der Waals surface area contributed by atoms with E-state index in [2.05, 4.69) is 35.8 Å². The van der Waals surface area contributed by atoms with Crippen molar-refractivity contribution in [3.05, 3.63) is 87.9 Å². The lowest BCUT2D eigenvalue weighted by molar-refractivity contribution is -0.130. The van der Waals surface area contributed by atoms with Crippen LogP contribution < -0.4 is 20.3 Å². The van der Waals surface area contributed by atoms with Gasteiger partial charge in [-0.2, -0.15) is 0 Å². The van der Waals surface area contributed by atoms with Crippen molar-refractivity contribution < 1.29 is 9.53 Å². The van der Waals surface area contributed by atoms with Crippen molar-refractivity contribution in [1.29, 1.82) is 0 Å². The molecule has 0 spiro atoms. The fourth-order valence-electron chi connectivity index (χ4n) is 5.19. The highest BCUT2D eigenvalue weighted by atomic mass is 35.5. The van der Waals surface area contributed by atoms with Gasteiger partial charge in [-0.3, -0.25) is 9.69 Å². The summed E-state index contributed by atoms with van der Waals surface area (Å²) in [6.07, 6.45) is 0.938. The Kier molecular flexibility index (Phi) is 5.98. The fraction of sp³-hybridized carbons (Fsp3) is 0.286. The van der Waals surface area contributed by atoms with Gasteiger partial charge in [0.05, 0.1) is 6.04 Å². The number of benzene rings is 3. The van der Waals surface area contributed by atoms with Gasteiger partial charge in [0.1, 0.15) is 11.7 Å². The maximum atomic E-state index is 14.0. The van der Waals surface area contributed by atoms with Crippen LogP contribution in [0.5, 0.6) is 5.75 Å². The third kappa shape index (κ3) is 4.05. The van der Waals surface area contributed by atoms with Crippen molar-refractivity contribution in [2.24, 2.45) is 5.92 Å². The number of thiocarbonyl (C=S) groups is 1. The summed E-state index contributed by atoms with van der Waals surface area (Å²) in [5.74, 6) is -0.0883. The van der Waals surface area contributed by atoms with E-state index in [1.54, 1.807) is 6.07 Å². The molecule has 35 heavy (non-hydrogen) atoms. The number of rotatable bonds is 4. The summed E-state index contributed by atoms with van der Waals surface area (Å²) < 4.78 is 6.64. The van der Waals surface area contributed by atoms with Gasteiger partial charge in [-0.15, -0.1) is 0 Å². The van der Waals surface area contributed by atoms with Crippen molar-refractivity contribution in [2.75, 3.05) is 10.2 Å². The number of aryl methyl sites for hydroxylation is 3. The molecule has 0 saturated carbocycles. The van der Waals surface area contributed by atoms with Crippen LogP contribution in [0.3, 0.4) is 0 Å². The quantitative estimate of drug-likeness (QED) is 0.406. The zero-order valence-corrected chi connectivity index (χ0v) is 21.8. The second-order valence-electron chi connectivity index (χ2n) is 9.41. The minimum Gasteiger partial charge on any atom is -0.467 e. The van der Waals surface area contributed by atoms with Crippen molar-refractivity contribution >= 4 is 46.2 Å². The van der Waals surface area contributed by atoms with Gasteiger partial charge < -0.3 is 15.4 Å². The van der Waals surface area contributed by atoms with Gasteiger partial charge in [-0.1, -0.05) is 48.4 Å². The van der Waals surface area contributed by atoms with E-state index >= 15 is 0 Å². The zero-order chi connectivity index (χ0) is 24.9. The van der Waals surface area contributed by atoms with E-state index in [9.17, 15) is 4.79 Å². The summed E-state index contributed by atoms with van der Waals surface area (Å²) in [6, 6.07) is 19.3. The van der Waals surface area contributed by atoms with Gasteiger partial charge in [0.2, 0.25) is 5.91 Å². The number of nitrogens with zero attached hydrogens (tertiary/aromatic N) is 1. The zero-order valence-electron chi connectivity index (χ0n) is 20.2. The third-order valence-corrected chi connectivity index (χ3v) is 7.52. The van der Waals surface area contributed by atoms with Crippen LogP contribution in [0.2, 0.25) is 5.02 Å². The summed E-state index contributed by atoms with van der Waals surface area (Å²) in [6.45, 7) is 8.08. The van der Waals surface area contributed by atoms with Crippen LogP contribution in [0.15, 0.2) is 60.7 Å². The van der Waals surface area contributed by atoms with Crippen LogP contribution in [-0.4, -0.2) is 16.7 Å². The standard InChI is InChI=1S/C28H28ClN3O2S/c1-5-18-7-10-20(11-8-18)32-27(35)31-25-21-15-19(29)9-13-23(21)34-28(32,4)24(25)26(33)30-22-12-6-16(2)14-17(22)3/h6-15,24-25H,5H2,1-4H3,(H,30,33)(H,31,35)/t24-,25+,28+/m1/s1. The number of anilines is 2. The van der Waals surface area contributed by atoms with Crippen LogP contribution in [0.25, 0.3) is 0 Å². The van der Waals surface area contributed by atoms with Gasteiger partial charge in [-0.25, -0.2) is 0 Å². The summed E-state index contributed by atoms with van der Waals surface area (Å²) in [4.78, 5) is 15.9. The maximum absolute atomic E-state index is 14.0. The van der Waals surface area contributed by atoms with Gasteiger partial charge in [-0.05, 0) is 86.9 Å². The van der Waals surface area contributed by atoms with Gasteiger partial charge in [0, 0.05) is 22.0 Å². The predicted molar refractivity (Wildman–Crippen MR) is 145 cm³/mol. The number of nitrogens with one attached hydrogen (secondary N) is 2. The molecule has 0 aliphatic carbocycles. The second-order valence-corrected chi connectivity index (χ2v) is 10.2. The molecule has 1 fully saturated rings. The Morgan fingerprint density at radius 2 is 1.89 bits per heavy atom. The van der Waals surface area contributed by atoms with Crippen LogP contribution in [0.4, 0.5) is 11.4 Å². The molecule has 2 heterocycles. The molecular weight excluding hydrogens is 478 g/mol. The monoisotopic (exact) mass is 505 g/mol. The molecule has 5 nitrogen and oxygen atoms in total. The molecule has 1 amide bonds. The van der Waals surface area contributed by atoms with E-state index in [1.807, 2.05) is 62.1 Å². The Morgan fingerprint density at radius 1 is 1.14 bits per heavy atom. The number of hydrogen-bond acceptors (Lipinski definition) is 3. The Balaban J connectivity index is 1.61. The van der Waals surface area contributed by atoms with Crippen LogP contribution in [-0.2, 0) is 11.2 Å². The first kappa shape index (κ1) is 23.6. The average Bonchev–Trinajstić information content (AvgIpc) is 2.81. The predicted octanol–water partition coefficient (Wildman–Crippen LogP) is 6.32. The number of hydrogen-bond donors (Lipinski definition) is 2. The van der Waals surface area contributed by atoms with E-state index in [4.69, 9.17) is 28.6 Å². The number of carbonyl (C=O) groups is 1. The normalized spacial score (nSPS) is 22.7. The van der Waals surface area contributed by atoms with Crippen LogP contribution >= 0.6 is 23.8 Å². The van der Waals surface area contributed by atoms with Gasteiger partial charge >= 0.3 is 0 Å². The Morgan fingerprint density at radius 3 is 2.57 bits per heavy atom. The Hall–Kier alpha value is -3.09. The molecule has 3 aromatic rings. The molecule has 5 rings (SSSR count). The molecule has 2 aliphatic rings. The van der Waals surface area contributed by atoms with E-state index in [-0.39, 0.29) is 5.91 Å². The maximum Gasteiger partial charge on any atom is 0.236 e. The van der Waals surface area contributed by atoms with Crippen LogP contribution in [0, 0.1) is 19.8 Å². The minimum atomic E-state index is -1.07. The molecule has 0 aromatic heterocycles. The molecule has 2 N–H and O–H groups in total. The lowest BCUT2D eigenvalue weighted by atomic mass is 9.78. The Bertz CT molecular complexity index is 1330. The summed E-state index contributed by atoms with van der Waals surface area (Å²) >= 11 is 12.2. The highest BCUT2D eigenvalue weighted by Gasteiger charge is 2.59. The summed E-state index contributed by atoms with van der Waals surface area (Å²) in [7, 11) is 0. The number of ether oxygens (including phenoxy) is 1. The number of amides is 1. The Labute approximate surface area is 216 Å². The van der Waals surface area contributed by atoms with Crippen LogP contribution in [0.1, 0.15) is 42.1 Å². The number of halogens is 1. The molecule has 180 valence electrons. The first-order valence-corrected chi connectivity index (χ1v) is 12.6. The largest absolute Gasteiger partial charge is 0.467 e. The van der Waals surface area contributed by atoms with E-state index in [0.717, 1.165) is 34.5 Å². The second kappa shape index (κ2) is 8.85. The van der Waals surface area contributed by atoms with Gasteiger partial charge in [0.25, 0.3) is 0 Å². The molecule has 0 unspecified atom stereocenters. The summed E-state index contributed by atoms with van der Waals surface area (Å²) in [5.41, 5.74) is 4.76. The molecule has 7 heteroatoms. The van der Waals surface area contributed by atoms with Crippen molar-refractivity contribution in [3.63, 3.8) is 0 Å². The first-order valence-electron chi connectivity index (χ1n) is 11.8. The highest BCUT2D eigenvalue weighted by Crippen LogP contribution is 2.50. The fourth-order valence-corrected chi connectivity index (χ4v) is 5.78. The molecule has 0 radical (unpaired) electrons. The number of fused-ring (bicyclic) bond motifs is 4. The summed E-state index contributed by atoms with van der Waals surface area (Å²) in [5, 5.41) is 7.66. The highest BCUT2D eigenvalue weighted by molar-refractivity contribution is 7.80. The lowest BCUT2D eigenvalue weighted by Gasteiger charge is -2.56. The van der Waals surface area contributed by atoms with Crippen molar-refractivity contribution in [1.82, 2.24) is 5.32 Å². The molecular formula is C28H28ClN3O2S. The average molecular weight is 506 g/mol. The minimum absolute atomic E-state index is 0.153. The topological polar surface area (TPSA) is 53.6 Å². The molecule has 1 saturated heterocycles. The molecule has 2 bridgehead atoms. The third-order valence-electron chi connectivity index (χ3n) is 6.98. The van der Waals surface area contributed by atoms with E-state index in [1.165, 1.54) is 5.56 Å². The van der Waals surface area contributed by atoms with Gasteiger partial charge in [0.15, 0.2) is 10.8 Å². The number of carbonyl (C=O) groups excluding carboxylic acids is 1. The van der Waals surface area contributed by atoms with Crippen molar-refractivity contribution in [3.8, 4) is 5.75 Å².